The first-order valence-corrected chi connectivity index (χ1v) is 5.18. The van der Waals surface area contributed by atoms with E-state index in [0.29, 0.717) is 0 Å². The quantitative estimate of drug-likeness (QED) is 0.781. The van der Waals surface area contributed by atoms with E-state index in [4.69, 9.17) is 5.11 Å². The number of hydrogen-bond donors (Lipinski definition) is 1. The molecule has 0 saturated carbocycles. The summed E-state index contributed by atoms with van der Waals surface area (Å²) in [5.41, 5.74) is 3.23. The van der Waals surface area contributed by atoms with Crippen LogP contribution in [0.25, 0.3) is 5.57 Å². The second-order valence-electron chi connectivity index (χ2n) is 3.31. The molecule has 0 aliphatic heterocycles. The topological polar surface area (TPSA) is 37.3 Å². The maximum atomic E-state index is 10.6. The second kappa shape index (κ2) is 3.58. The number of carbonyl (C=O) groups is 1. The average molecular weight is 253 g/mol. The third kappa shape index (κ3) is 1.73. The van der Waals surface area contributed by atoms with Crippen LogP contribution in [-0.4, -0.2) is 11.1 Å². The molecule has 0 bridgehead atoms. The van der Waals surface area contributed by atoms with Gasteiger partial charge in [-0.3, -0.25) is 0 Å². The average Bonchev–Trinajstić information content (AvgIpc) is 2.47. The lowest BCUT2D eigenvalue weighted by molar-refractivity contribution is -0.131. The van der Waals surface area contributed by atoms with E-state index >= 15 is 0 Å². The zero-order chi connectivity index (χ0) is 10.1. The van der Waals surface area contributed by atoms with Crippen molar-refractivity contribution in [3.63, 3.8) is 0 Å². The van der Waals surface area contributed by atoms with Gasteiger partial charge >= 0.3 is 5.97 Å². The molecule has 0 radical (unpaired) electrons. The second-order valence-corrected chi connectivity index (χ2v) is 4.22. The van der Waals surface area contributed by atoms with Crippen molar-refractivity contribution in [2.45, 2.75) is 12.8 Å². The van der Waals surface area contributed by atoms with Crippen molar-refractivity contribution in [3.8, 4) is 0 Å². The zero-order valence-corrected chi connectivity index (χ0v) is 9.04. The highest BCUT2D eigenvalue weighted by Crippen LogP contribution is 2.33. The van der Waals surface area contributed by atoms with Crippen LogP contribution in [-0.2, 0) is 11.2 Å². The zero-order valence-electron chi connectivity index (χ0n) is 7.46. The Bertz CT molecular complexity index is 421. The third-order valence-electron chi connectivity index (χ3n) is 2.38. The molecule has 0 fully saturated rings. The van der Waals surface area contributed by atoms with E-state index < -0.39 is 5.97 Å². The molecule has 0 unspecified atom stereocenters. The van der Waals surface area contributed by atoms with Gasteiger partial charge in [-0.15, -0.1) is 0 Å². The summed E-state index contributed by atoms with van der Waals surface area (Å²) in [6.45, 7) is 0. The largest absolute Gasteiger partial charge is 0.478 e. The molecular formula is C11H9BrO2. The van der Waals surface area contributed by atoms with Crippen molar-refractivity contribution in [2.24, 2.45) is 0 Å². The number of hydrogen-bond acceptors (Lipinski definition) is 1. The highest BCUT2D eigenvalue weighted by molar-refractivity contribution is 9.10. The first-order valence-electron chi connectivity index (χ1n) is 4.39. The lowest BCUT2D eigenvalue weighted by Crippen LogP contribution is -1.89. The Morgan fingerprint density at radius 3 is 2.93 bits per heavy atom. The van der Waals surface area contributed by atoms with E-state index in [-0.39, 0.29) is 0 Å². The number of allylic oxidation sites excluding steroid dienone is 1. The van der Waals surface area contributed by atoms with Crippen molar-refractivity contribution in [2.75, 3.05) is 0 Å². The molecule has 3 heteroatoms. The van der Waals surface area contributed by atoms with Gasteiger partial charge in [-0.25, -0.2) is 4.79 Å². The minimum Gasteiger partial charge on any atom is -0.478 e. The number of benzene rings is 1. The van der Waals surface area contributed by atoms with Gasteiger partial charge in [-0.1, -0.05) is 22.0 Å². The number of carboxylic acids is 1. The van der Waals surface area contributed by atoms with Crippen molar-refractivity contribution in [3.05, 3.63) is 39.9 Å². The van der Waals surface area contributed by atoms with Gasteiger partial charge in [0.25, 0.3) is 0 Å². The number of rotatable bonds is 1. The van der Waals surface area contributed by atoms with Crippen LogP contribution in [0, 0.1) is 0 Å². The summed E-state index contributed by atoms with van der Waals surface area (Å²) in [5.74, 6) is -0.868. The number of carboxylic acid groups (broad SMARTS) is 1. The molecule has 1 N–H and O–H groups in total. The monoisotopic (exact) mass is 252 g/mol. The van der Waals surface area contributed by atoms with Crippen LogP contribution in [0.4, 0.5) is 0 Å². The summed E-state index contributed by atoms with van der Waals surface area (Å²) in [6.07, 6.45) is 3.08. The molecule has 2 rings (SSSR count). The first-order chi connectivity index (χ1) is 6.66. The molecule has 0 atom stereocenters. The number of fused-ring (bicyclic) bond motifs is 1. The maximum Gasteiger partial charge on any atom is 0.328 e. The Morgan fingerprint density at radius 2 is 2.21 bits per heavy atom. The molecule has 0 saturated heterocycles. The molecule has 1 aliphatic carbocycles. The summed E-state index contributed by atoms with van der Waals surface area (Å²) in [7, 11) is 0. The maximum absolute atomic E-state index is 10.6. The Hall–Kier alpha value is -1.09. The lowest BCUT2D eigenvalue weighted by atomic mass is 10.1. The molecule has 0 heterocycles. The summed E-state index contributed by atoms with van der Waals surface area (Å²) in [6, 6.07) is 6.02. The van der Waals surface area contributed by atoms with Crippen LogP contribution in [0.15, 0.2) is 28.7 Å². The predicted octanol–water partition coefficient (Wildman–Crippen LogP) is 2.86. The third-order valence-corrected chi connectivity index (χ3v) is 2.87. The summed E-state index contributed by atoms with van der Waals surface area (Å²) < 4.78 is 0.995. The Labute approximate surface area is 90.4 Å². The van der Waals surface area contributed by atoms with Gasteiger partial charge in [0.05, 0.1) is 0 Å². The molecular weight excluding hydrogens is 244 g/mol. The van der Waals surface area contributed by atoms with Crippen LogP contribution >= 0.6 is 15.9 Å². The fraction of sp³-hybridized carbons (Fsp3) is 0.182. The number of halogens is 1. The van der Waals surface area contributed by atoms with Crippen LogP contribution < -0.4 is 0 Å². The minimum atomic E-state index is -0.868. The fourth-order valence-electron chi connectivity index (χ4n) is 1.77. The summed E-state index contributed by atoms with van der Waals surface area (Å²) in [5, 5.41) is 8.68. The minimum absolute atomic E-state index is 0.831. The standard InChI is InChI=1S/C11H9BrO2/c12-9-4-3-7-1-2-8(5-11(13)14)10(7)6-9/h3-6H,1-2H2,(H,13,14)/b8-5+. The van der Waals surface area contributed by atoms with E-state index in [0.717, 1.165) is 28.5 Å². The molecule has 0 amide bonds. The Kier molecular flexibility index (Phi) is 2.42. The Morgan fingerprint density at radius 1 is 1.43 bits per heavy atom. The summed E-state index contributed by atoms with van der Waals surface area (Å²) >= 11 is 3.38. The van der Waals surface area contributed by atoms with Gasteiger partial charge in [0, 0.05) is 10.5 Å². The van der Waals surface area contributed by atoms with E-state index in [1.807, 2.05) is 18.2 Å². The van der Waals surface area contributed by atoms with Gasteiger partial charge in [0.1, 0.15) is 0 Å². The lowest BCUT2D eigenvalue weighted by Gasteiger charge is -2.00. The van der Waals surface area contributed by atoms with Crippen molar-refractivity contribution < 1.29 is 9.90 Å². The number of aryl methyl sites for hydroxylation is 1. The van der Waals surface area contributed by atoms with Crippen molar-refractivity contribution in [1.29, 1.82) is 0 Å². The molecule has 2 nitrogen and oxygen atoms in total. The van der Waals surface area contributed by atoms with Crippen LogP contribution in [0.3, 0.4) is 0 Å². The van der Waals surface area contributed by atoms with Crippen molar-refractivity contribution >= 4 is 27.5 Å². The van der Waals surface area contributed by atoms with E-state index in [9.17, 15) is 4.79 Å². The van der Waals surface area contributed by atoms with Crippen LogP contribution in [0.1, 0.15) is 17.5 Å². The van der Waals surface area contributed by atoms with Gasteiger partial charge in [0.2, 0.25) is 0 Å². The number of aliphatic carboxylic acids is 1. The van der Waals surface area contributed by atoms with Gasteiger partial charge in [-0.05, 0) is 41.7 Å². The smallest absolute Gasteiger partial charge is 0.328 e. The SMILES string of the molecule is O=C(O)/C=C1\CCc2ccc(Br)cc21. The molecule has 72 valence electrons. The molecule has 0 aromatic heterocycles. The van der Waals surface area contributed by atoms with Gasteiger partial charge < -0.3 is 5.11 Å². The molecule has 14 heavy (non-hydrogen) atoms. The first kappa shape index (κ1) is 9.46. The van der Waals surface area contributed by atoms with Gasteiger partial charge in [0.15, 0.2) is 0 Å². The molecule has 1 aromatic rings. The molecule has 1 aromatic carbocycles. The molecule has 0 spiro atoms. The Balaban J connectivity index is 2.48. The highest BCUT2D eigenvalue weighted by atomic mass is 79.9. The summed E-state index contributed by atoms with van der Waals surface area (Å²) in [4.78, 5) is 10.6. The highest BCUT2D eigenvalue weighted by Gasteiger charge is 2.16. The predicted molar refractivity (Wildman–Crippen MR) is 58.1 cm³/mol. The van der Waals surface area contributed by atoms with Crippen LogP contribution in [0.5, 0.6) is 0 Å². The molecule has 1 aliphatic rings. The van der Waals surface area contributed by atoms with Gasteiger partial charge in [-0.2, -0.15) is 0 Å². The van der Waals surface area contributed by atoms with E-state index in [1.165, 1.54) is 11.6 Å². The fourth-order valence-corrected chi connectivity index (χ4v) is 2.13. The van der Waals surface area contributed by atoms with E-state index in [2.05, 4.69) is 15.9 Å². The van der Waals surface area contributed by atoms with Crippen molar-refractivity contribution in [1.82, 2.24) is 0 Å². The normalized spacial score (nSPS) is 17.1. The van der Waals surface area contributed by atoms with Crippen LogP contribution in [0.2, 0.25) is 0 Å². The van der Waals surface area contributed by atoms with E-state index in [1.54, 1.807) is 0 Å².